The standard InChI is InChI=1S/C16H23N5O2/c1-11(2)22-16-8-15(17-18-16)20-6-5-13(4)21(10-20)9-14-7-12(3)19-23-14/h5,7-8,11H,6,9-10H2,1-4H3,(H,17,18). The van der Waals surface area contributed by atoms with Gasteiger partial charge in [-0.3, -0.25) is 0 Å². The van der Waals surface area contributed by atoms with Gasteiger partial charge in [-0.1, -0.05) is 5.16 Å². The minimum absolute atomic E-state index is 0.123. The van der Waals surface area contributed by atoms with E-state index in [0.717, 1.165) is 30.5 Å². The number of H-pyrrole nitrogens is 1. The minimum Gasteiger partial charge on any atom is -0.475 e. The van der Waals surface area contributed by atoms with Crippen molar-refractivity contribution in [2.45, 2.75) is 40.3 Å². The van der Waals surface area contributed by atoms with E-state index in [1.54, 1.807) is 0 Å². The molecule has 0 radical (unpaired) electrons. The lowest BCUT2D eigenvalue weighted by atomic mass is 10.2. The zero-order chi connectivity index (χ0) is 16.4. The van der Waals surface area contributed by atoms with Crippen molar-refractivity contribution in [3.05, 3.63) is 35.4 Å². The van der Waals surface area contributed by atoms with Crippen molar-refractivity contribution in [3.63, 3.8) is 0 Å². The van der Waals surface area contributed by atoms with Gasteiger partial charge in [-0.25, -0.2) is 5.10 Å². The highest BCUT2D eigenvalue weighted by Gasteiger charge is 2.20. The number of hydrogen-bond acceptors (Lipinski definition) is 6. The molecule has 2 aromatic rings. The van der Waals surface area contributed by atoms with Crippen molar-refractivity contribution >= 4 is 5.82 Å². The molecular weight excluding hydrogens is 294 g/mol. The van der Waals surface area contributed by atoms with Crippen LogP contribution in [0.15, 0.2) is 28.4 Å². The average Bonchev–Trinajstić information content (AvgIpc) is 3.10. The summed E-state index contributed by atoms with van der Waals surface area (Å²) in [4.78, 5) is 4.42. The van der Waals surface area contributed by atoms with Gasteiger partial charge in [0.05, 0.1) is 25.0 Å². The summed E-state index contributed by atoms with van der Waals surface area (Å²) in [6.45, 7) is 10.3. The molecule has 1 N–H and O–H groups in total. The summed E-state index contributed by atoms with van der Waals surface area (Å²) in [5.41, 5.74) is 2.13. The summed E-state index contributed by atoms with van der Waals surface area (Å²) in [6, 6.07) is 3.90. The van der Waals surface area contributed by atoms with Gasteiger partial charge in [0.25, 0.3) is 0 Å². The van der Waals surface area contributed by atoms with Crippen LogP contribution in [-0.4, -0.2) is 39.6 Å². The van der Waals surface area contributed by atoms with Gasteiger partial charge in [0.15, 0.2) is 11.6 Å². The molecule has 1 aliphatic heterocycles. The van der Waals surface area contributed by atoms with Crippen molar-refractivity contribution in [3.8, 4) is 5.88 Å². The van der Waals surface area contributed by atoms with E-state index in [1.807, 2.05) is 32.9 Å². The number of rotatable bonds is 5. The third-order valence-corrected chi connectivity index (χ3v) is 3.70. The minimum atomic E-state index is 0.123. The predicted octanol–water partition coefficient (Wildman–Crippen LogP) is 2.68. The van der Waals surface area contributed by atoms with E-state index >= 15 is 0 Å². The number of aryl methyl sites for hydroxylation is 1. The van der Waals surface area contributed by atoms with Gasteiger partial charge >= 0.3 is 0 Å². The van der Waals surface area contributed by atoms with E-state index < -0.39 is 0 Å². The lowest BCUT2D eigenvalue weighted by Gasteiger charge is -2.35. The molecule has 2 aromatic heterocycles. The van der Waals surface area contributed by atoms with E-state index in [2.05, 4.69) is 38.2 Å². The Bertz CT molecular complexity index is 688. The summed E-state index contributed by atoms with van der Waals surface area (Å²) >= 11 is 0. The molecule has 0 atom stereocenters. The van der Waals surface area contributed by atoms with E-state index in [0.29, 0.717) is 12.4 Å². The van der Waals surface area contributed by atoms with Gasteiger partial charge in [-0.15, -0.1) is 0 Å². The van der Waals surface area contributed by atoms with Crippen LogP contribution in [0.3, 0.4) is 0 Å². The van der Waals surface area contributed by atoms with Crippen LogP contribution in [0.5, 0.6) is 5.88 Å². The van der Waals surface area contributed by atoms with E-state index in [4.69, 9.17) is 9.26 Å². The number of aromatic amines is 1. The Labute approximate surface area is 135 Å². The first-order valence-electron chi connectivity index (χ1n) is 7.82. The molecule has 0 amide bonds. The summed E-state index contributed by atoms with van der Waals surface area (Å²) in [6.07, 6.45) is 2.31. The van der Waals surface area contributed by atoms with Crippen LogP contribution in [0.25, 0.3) is 0 Å². The fourth-order valence-electron chi connectivity index (χ4n) is 2.54. The SMILES string of the molecule is CC1=CCN(c2cc(OC(C)C)[nH]n2)CN1Cc1cc(C)no1. The molecular formula is C16H23N5O2. The third kappa shape index (κ3) is 3.67. The molecule has 3 rings (SSSR count). The molecule has 0 fully saturated rings. The molecule has 124 valence electrons. The molecule has 0 saturated carbocycles. The third-order valence-electron chi connectivity index (χ3n) is 3.70. The normalized spacial score (nSPS) is 15.3. The quantitative estimate of drug-likeness (QED) is 0.914. The highest BCUT2D eigenvalue weighted by molar-refractivity contribution is 5.43. The molecule has 0 spiro atoms. The molecule has 3 heterocycles. The van der Waals surface area contributed by atoms with Gasteiger partial charge in [0.2, 0.25) is 5.88 Å². The van der Waals surface area contributed by atoms with E-state index in [9.17, 15) is 0 Å². The van der Waals surface area contributed by atoms with Gasteiger partial charge in [0.1, 0.15) is 0 Å². The Balaban J connectivity index is 1.69. The number of anilines is 1. The molecule has 0 aromatic carbocycles. The number of allylic oxidation sites excluding steroid dienone is 1. The van der Waals surface area contributed by atoms with Crippen LogP contribution in [0.4, 0.5) is 5.82 Å². The predicted molar refractivity (Wildman–Crippen MR) is 87.1 cm³/mol. The van der Waals surface area contributed by atoms with Crippen LogP contribution in [-0.2, 0) is 6.54 Å². The maximum Gasteiger partial charge on any atom is 0.211 e. The zero-order valence-electron chi connectivity index (χ0n) is 14.0. The Morgan fingerprint density at radius 3 is 2.87 bits per heavy atom. The first kappa shape index (κ1) is 15.5. The van der Waals surface area contributed by atoms with Crippen LogP contribution < -0.4 is 9.64 Å². The van der Waals surface area contributed by atoms with Crippen LogP contribution in [0, 0.1) is 6.92 Å². The second-order valence-electron chi connectivity index (χ2n) is 6.10. The topological polar surface area (TPSA) is 70.4 Å². The highest BCUT2D eigenvalue weighted by atomic mass is 16.5. The zero-order valence-corrected chi connectivity index (χ0v) is 14.0. The van der Waals surface area contributed by atoms with Crippen LogP contribution in [0.2, 0.25) is 0 Å². The fourth-order valence-corrected chi connectivity index (χ4v) is 2.54. The lowest BCUT2D eigenvalue weighted by Crippen LogP contribution is -2.41. The van der Waals surface area contributed by atoms with Gasteiger partial charge in [0, 0.05) is 24.4 Å². The van der Waals surface area contributed by atoms with Crippen LogP contribution in [0.1, 0.15) is 32.2 Å². The smallest absolute Gasteiger partial charge is 0.211 e. The summed E-state index contributed by atoms with van der Waals surface area (Å²) in [7, 11) is 0. The Morgan fingerprint density at radius 2 is 2.17 bits per heavy atom. The first-order valence-corrected chi connectivity index (χ1v) is 7.82. The molecule has 0 saturated heterocycles. The summed E-state index contributed by atoms with van der Waals surface area (Å²) in [5.74, 6) is 2.43. The molecule has 0 unspecified atom stereocenters. The number of ether oxygens (including phenoxy) is 1. The van der Waals surface area contributed by atoms with Crippen molar-refractivity contribution in [1.82, 2.24) is 20.3 Å². The van der Waals surface area contributed by atoms with Crippen molar-refractivity contribution in [1.29, 1.82) is 0 Å². The van der Waals surface area contributed by atoms with Gasteiger partial charge in [-0.2, -0.15) is 5.10 Å². The first-order chi connectivity index (χ1) is 11.0. The summed E-state index contributed by atoms with van der Waals surface area (Å²) < 4.78 is 11.0. The number of nitrogens with one attached hydrogen (secondary N) is 1. The average molecular weight is 317 g/mol. The second-order valence-corrected chi connectivity index (χ2v) is 6.10. The van der Waals surface area contributed by atoms with Crippen molar-refractivity contribution < 1.29 is 9.26 Å². The Kier molecular flexibility index (Phi) is 4.27. The fraction of sp³-hybridized carbons (Fsp3) is 0.500. The molecule has 0 bridgehead atoms. The Hall–Kier alpha value is -2.44. The second kappa shape index (κ2) is 6.36. The highest BCUT2D eigenvalue weighted by Crippen LogP contribution is 2.23. The lowest BCUT2D eigenvalue weighted by molar-refractivity contribution is 0.232. The largest absolute Gasteiger partial charge is 0.475 e. The number of hydrogen-bond donors (Lipinski definition) is 1. The van der Waals surface area contributed by atoms with E-state index in [1.165, 1.54) is 5.70 Å². The maximum atomic E-state index is 5.64. The Morgan fingerprint density at radius 1 is 1.35 bits per heavy atom. The number of aromatic nitrogens is 3. The molecule has 7 nitrogen and oxygen atoms in total. The van der Waals surface area contributed by atoms with Crippen LogP contribution >= 0.6 is 0 Å². The molecule has 1 aliphatic rings. The van der Waals surface area contributed by atoms with Crippen molar-refractivity contribution in [2.75, 3.05) is 18.1 Å². The molecule has 23 heavy (non-hydrogen) atoms. The van der Waals surface area contributed by atoms with Crippen molar-refractivity contribution in [2.24, 2.45) is 0 Å². The summed E-state index contributed by atoms with van der Waals surface area (Å²) in [5, 5.41) is 11.2. The van der Waals surface area contributed by atoms with Gasteiger partial charge < -0.3 is 19.1 Å². The van der Waals surface area contributed by atoms with E-state index in [-0.39, 0.29) is 6.10 Å². The molecule has 0 aliphatic carbocycles. The molecule has 7 heteroatoms. The maximum absolute atomic E-state index is 5.64. The van der Waals surface area contributed by atoms with Gasteiger partial charge in [-0.05, 0) is 33.8 Å². The monoisotopic (exact) mass is 317 g/mol. The number of nitrogens with zero attached hydrogens (tertiary/aromatic N) is 4.